The van der Waals surface area contributed by atoms with Gasteiger partial charge >= 0.3 is 0 Å². The number of carbonyl (C=O) groups is 1. The molecule has 0 aliphatic carbocycles. The molecule has 1 saturated heterocycles. The van der Waals surface area contributed by atoms with Gasteiger partial charge in [-0.05, 0) is 67.5 Å². The summed E-state index contributed by atoms with van der Waals surface area (Å²) in [5.74, 6) is 0.624. The van der Waals surface area contributed by atoms with Gasteiger partial charge in [0, 0.05) is 43.3 Å². The van der Waals surface area contributed by atoms with E-state index in [0.29, 0.717) is 29.2 Å². The van der Waals surface area contributed by atoms with E-state index in [9.17, 15) is 13.2 Å². The molecule has 0 aromatic heterocycles. The van der Waals surface area contributed by atoms with Crippen molar-refractivity contribution in [3.63, 3.8) is 0 Å². The summed E-state index contributed by atoms with van der Waals surface area (Å²) in [7, 11) is -3.49. The van der Waals surface area contributed by atoms with Gasteiger partial charge in [-0.15, -0.1) is 0 Å². The zero-order valence-corrected chi connectivity index (χ0v) is 21.3. The number of nitrogens with zero attached hydrogens (tertiary/aromatic N) is 2. The molecule has 2 aromatic carbocycles. The van der Waals surface area contributed by atoms with Gasteiger partial charge in [-0.25, -0.2) is 8.42 Å². The number of sulfonamides is 1. The van der Waals surface area contributed by atoms with Crippen molar-refractivity contribution >= 4 is 38.9 Å². The van der Waals surface area contributed by atoms with E-state index in [1.165, 1.54) is 29.1 Å². The maximum Gasteiger partial charge on any atom is 0.232 e. The molecule has 0 bridgehead atoms. The van der Waals surface area contributed by atoms with Crippen LogP contribution in [0.25, 0.3) is 0 Å². The normalized spacial score (nSPS) is 16.5. The second-order valence-corrected chi connectivity index (χ2v) is 11.3. The summed E-state index contributed by atoms with van der Waals surface area (Å²) < 4.78 is 26.0. The number of hydrogen-bond acceptors (Lipinski definition) is 4. The number of benzene rings is 2. The minimum absolute atomic E-state index is 0.0970. The van der Waals surface area contributed by atoms with Crippen LogP contribution < -0.4 is 14.5 Å². The molecule has 1 N–H and O–H groups in total. The summed E-state index contributed by atoms with van der Waals surface area (Å²) in [4.78, 5) is 14.8. The Morgan fingerprint density at radius 2 is 1.94 bits per heavy atom. The molecule has 0 radical (unpaired) electrons. The third-order valence-electron chi connectivity index (χ3n) is 6.12. The standard InChI is InChI=1S/C25H34ClN3O3S/c1-19-7-5-15-28(18-19)22-13-11-21(12-14-22)17-27-25(30)10-6-16-29(33(3,31)32)24-9-4-8-23(26)20(24)2/h4,8-9,11-14,19H,5-7,10,15-18H2,1-3H3,(H,27,30)/t19-/m0/s1. The molecule has 1 atom stereocenters. The van der Waals surface area contributed by atoms with E-state index in [2.05, 4.69) is 41.4 Å². The van der Waals surface area contributed by atoms with Crippen molar-refractivity contribution in [2.45, 2.75) is 46.1 Å². The fraction of sp³-hybridized carbons (Fsp3) is 0.480. The van der Waals surface area contributed by atoms with Crippen molar-refractivity contribution in [1.29, 1.82) is 0 Å². The molecular formula is C25H34ClN3O3S. The van der Waals surface area contributed by atoms with E-state index in [-0.39, 0.29) is 18.9 Å². The van der Waals surface area contributed by atoms with Gasteiger partial charge in [-0.2, -0.15) is 0 Å². The van der Waals surface area contributed by atoms with Gasteiger partial charge in [0.15, 0.2) is 0 Å². The quantitative estimate of drug-likeness (QED) is 0.549. The van der Waals surface area contributed by atoms with Gasteiger partial charge in [0.2, 0.25) is 15.9 Å². The Morgan fingerprint density at radius 1 is 1.21 bits per heavy atom. The zero-order chi connectivity index (χ0) is 24.0. The van der Waals surface area contributed by atoms with Crippen molar-refractivity contribution in [1.82, 2.24) is 5.32 Å². The zero-order valence-electron chi connectivity index (χ0n) is 19.7. The van der Waals surface area contributed by atoms with Crippen molar-refractivity contribution in [2.75, 3.05) is 35.1 Å². The molecule has 0 unspecified atom stereocenters. The van der Waals surface area contributed by atoms with Gasteiger partial charge in [0.25, 0.3) is 0 Å². The van der Waals surface area contributed by atoms with Crippen LogP contribution in [0.5, 0.6) is 0 Å². The average Bonchev–Trinajstić information content (AvgIpc) is 2.77. The Kier molecular flexibility index (Phi) is 8.65. The van der Waals surface area contributed by atoms with Gasteiger partial charge < -0.3 is 10.2 Å². The highest BCUT2D eigenvalue weighted by Crippen LogP contribution is 2.28. The fourth-order valence-electron chi connectivity index (χ4n) is 4.25. The molecule has 1 fully saturated rings. The van der Waals surface area contributed by atoms with Crippen molar-refractivity contribution in [3.05, 3.63) is 58.6 Å². The largest absolute Gasteiger partial charge is 0.371 e. The summed E-state index contributed by atoms with van der Waals surface area (Å²) >= 11 is 6.16. The lowest BCUT2D eigenvalue weighted by Gasteiger charge is -2.32. The van der Waals surface area contributed by atoms with Crippen molar-refractivity contribution in [3.8, 4) is 0 Å². The molecule has 3 rings (SSSR count). The first-order valence-corrected chi connectivity index (χ1v) is 13.7. The lowest BCUT2D eigenvalue weighted by atomic mass is 9.99. The molecule has 0 spiro atoms. The van der Waals surface area contributed by atoms with Gasteiger partial charge in [0.1, 0.15) is 0 Å². The molecule has 2 aromatic rings. The summed E-state index contributed by atoms with van der Waals surface area (Å²) in [6.07, 6.45) is 4.35. The van der Waals surface area contributed by atoms with Crippen LogP contribution in [0, 0.1) is 12.8 Å². The van der Waals surface area contributed by atoms with E-state index in [0.717, 1.165) is 24.6 Å². The first-order valence-electron chi connectivity index (χ1n) is 11.5. The molecule has 6 nitrogen and oxygen atoms in total. The van der Waals surface area contributed by atoms with E-state index in [1.54, 1.807) is 25.1 Å². The van der Waals surface area contributed by atoms with E-state index >= 15 is 0 Å². The number of halogens is 1. The third kappa shape index (κ3) is 7.11. The summed E-state index contributed by atoms with van der Waals surface area (Å²) in [5, 5.41) is 3.45. The number of carbonyl (C=O) groups excluding carboxylic acids is 1. The topological polar surface area (TPSA) is 69.7 Å². The van der Waals surface area contributed by atoms with Crippen LogP contribution in [-0.4, -0.2) is 40.2 Å². The summed E-state index contributed by atoms with van der Waals surface area (Å²) in [6, 6.07) is 13.6. The van der Waals surface area contributed by atoms with E-state index < -0.39 is 10.0 Å². The van der Waals surface area contributed by atoms with Gasteiger partial charge in [0.05, 0.1) is 11.9 Å². The third-order valence-corrected chi connectivity index (χ3v) is 7.71. The predicted molar refractivity (Wildman–Crippen MR) is 137 cm³/mol. The fourth-order valence-corrected chi connectivity index (χ4v) is 5.44. The summed E-state index contributed by atoms with van der Waals surface area (Å²) in [5.41, 5.74) is 3.53. The lowest BCUT2D eigenvalue weighted by Crippen LogP contribution is -2.34. The number of anilines is 2. The smallest absolute Gasteiger partial charge is 0.232 e. The number of hydrogen-bond donors (Lipinski definition) is 1. The maximum atomic E-state index is 12.3. The molecule has 1 amide bonds. The predicted octanol–water partition coefficient (Wildman–Crippen LogP) is 4.75. The Morgan fingerprint density at radius 3 is 2.61 bits per heavy atom. The van der Waals surface area contributed by atoms with Crippen molar-refractivity contribution < 1.29 is 13.2 Å². The second-order valence-electron chi connectivity index (χ2n) is 8.96. The Bertz CT molecular complexity index is 1060. The van der Waals surface area contributed by atoms with E-state index in [1.807, 2.05) is 0 Å². The molecular weight excluding hydrogens is 458 g/mol. The second kappa shape index (κ2) is 11.3. The average molecular weight is 492 g/mol. The highest BCUT2D eigenvalue weighted by atomic mass is 35.5. The molecule has 1 aliphatic heterocycles. The molecule has 0 saturated carbocycles. The highest BCUT2D eigenvalue weighted by Gasteiger charge is 2.20. The highest BCUT2D eigenvalue weighted by molar-refractivity contribution is 7.92. The van der Waals surface area contributed by atoms with Crippen LogP contribution in [0.4, 0.5) is 11.4 Å². The number of amides is 1. The minimum Gasteiger partial charge on any atom is -0.371 e. The van der Waals surface area contributed by atoms with E-state index in [4.69, 9.17) is 11.6 Å². The Hall–Kier alpha value is -2.25. The molecule has 180 valence electrons. The van der Waals surface area contributed by atoms with Crippen LogP contribution in [-0.2, 0) is 21.4 Å². The first-order chi connectivity index (χ1) is 15.6. The van der Waals surface area contributed by atoms with Crippen LogP contribution in [0.3, 0.4) is 0 Å². The van der Waals surface area contributed by atoms with Gasteiger partial charge in [-0.1, -0.05) is 36.7 Å². The Balaban J connectivity index is 1.49. The van der Waals surface area contributed by atoms with Crippen LogP contribution in [0.2, 0.25) is 5.02 Å². The van der Waals surface area contributed by atoms with Gasteiger partial charge in [-0.3, -0.25) is 9.10 Å². The van der Waals surface area contributed by atoms with Crippen LogP contribution in [0.15, 0.2) is 42.5 Å². The monoisotopic (exact) mass is 491 g/mol. The number of nitrogens with one attached hydrogen (secondary N) is 1. The SMILES string of the molecule is Cc1c(Cl)cccc1N(CCCC(=O)NCc1ccc(N2CCC[C@H](C)C2)cc1)S(C)(=O)=O. The summed E-state index contributed by atoms with van der Waals surface area (Å²) in [6.45, 7) is 6.95. The number of rotatable bonds is 9. The molecule has 33 heavy (non-hydrogen) atoms. The molecule has 1 aliphatic rings. The molecule has 8 heteroatoms. The first kappa shape index (κ1) is 25.4. The van der Waals surface area contributed by atoms with Crippen LogP contribution >= 0.6 is 11.6 Å². The number of piperidine rings is 1. The Labute approximate surface area is 203 Å². The minimum atomic E-state index is -3.49. The van der Waals surface area contributed by atoms with Crippen molar-refractivity contribution in [2.24, 2.45) is 5.92 Å². The molecule has 1 heterocycles. The maximum absolute atomic E-state index is 12.3. The van der Waals surface area contributed by atoms with Crippen LogP contribution in [0.1, 0.15) is 43.7 Å². The lowest BCUT2D eigenvalue weighted by molar-refractivity contribution is -0.121.